The molecule has 1 aromatic rings. The number of hydrogen-bond acceptors (Lipinski definition) is 3. The molecule has 1 atom stereocenters. The first-order valence-corrected chi connectivity index (χ1v) is 5.48. The molecule has 1 unspecified atom stereocenters. The highest BCUT2D eigenvalue weighted by molar-refractivity contribution is 6.32. The second-order valence-electron chi connectivity index (χ2n) is 3.77. The first-order chi connectivity index (χ1) is 7.50. The van der Waals surface area contributed by atoms with Crippen LogP contribution in [0.3, 0.4) is 0 Å². The summed E-state index contributed by atoms with van der Waals surface area (Å²) in [5, 5.41) is 12.2. The van der Waals surface area contributed by atoms with Crippen molar-refractivity contribution < 1.29 is 9.90 Å². The fraction of sp³-hybridized carbons (Fsp3) is 0.455. The van der Waals surface area contributed by atoms with E-state index < -0.39 is 5.97 Å². The number of carboxylic acid groups (broad SMARTS) is 1. The van der Waals surface area contributed by atoms with Crippen molar-refractivity contribution in [1.82, 2.24) is 4.98 Å². The van der Waals surface area contributed by atoms with Crippen molar-refractivity contribution in [2.75, 3.05) is 5.32 Å². The third-order valence-electron chi connectivity index (χ3n) is 2.30. The lowest BCUT2D eigenvalue weighted by molar-refractivity contribution is -0.137. The molecule has 2 N–H and O–H groups in total. The van der Waals surface area contributed by atoms with Gasteiger partial charge in [-0.15, -0.1) is 0 Å². The minimum Gasteiger partial charge on any atom is -0.481 e. The molecule has 5 heteroatoms. The molecule has 0 radical (unpaired) electrons. The predicted octanol–water partition coefficient (Wildman–Crippen LogP) is 2.71. The Morgan fingerprint density at radius 2 is 2.38 bits per heavy atom. The Labute approximate surface area is 99.6 Å². The van der Waals surface area contributed by atoms with E-state index in [2.05, 4.69) is 10.3 Å². The van der Waals surface area contributed by atoms with Crippen molar-refractivity contribution in [2.24, 2.45) is 0 Å². The van der Waals surface area contributed by atoms with Gasteiger partial charge >= 0.3 is 5.97 Å². The molecule has 1 heterocycles. The highest BCUT2D eigenvalue weighted by Crippen LogP contribution is 2.24. The topological polar surface area (TPSA) is 62.2 Å². The van der Waals surface area contributed by atoms with E-state index in [4.69, 9.17) is 16.7 Å². The Bertz CT molecular complexity index is 362. The van der Waals surface area contributed by atoms with Crippen LogP contribution in [0.5, 0.6) is 0 Å². The predicted molar refractivity (Wildman–Crippen MR) is 63.9 cm³/mol. The zero-order chi connectivity index (χ0) is 12.1. The smallest absolute Gasteiger partial charge is 0.303 e. The summed E-state index contributed by atoms with van der Waals surface area (Å²) in [5.41, 5.74) is 1.78. The molecule has 0 fully saturated rings. The van der Waals surface area contributed by atoms with Crippen molar-refractivity contribution in [3.63, 3.8) is 0 Å². The number of aliphatic carboxylic acids is 1. The van der Waals surface area contributed by atoms with Gasteiger partial charge in [-0.25, -0.2) is 4.98 Å². The fourth-order valence-electron chi connectivity index (χ4n) is 1.36. The maximum Gasteiger partial charge on any atom is 0.303 e. The van der Waals surface area contributed by atoms with Gasteiger partial charge in [0.05, 0.1) is 5.69 Å². The minimum absolute atomic E-state index is 0.0523. The minimum atomic E-state index is -0.789. The second-order valence-corrected chi connectivity index (χ2v) is 4.13. The van der Waals surface area contributed by atoms with Gasteiger partial charge in [0, 0.05) is 18.7 Å². The molecule has 0 spiro atoms. The molecule has 0 saturated heterocycles. The number of aryl methyl sites for hydroxylation is 1. The standard InChI is InChI=1S/C11H15ClN2O2/c1-7-5-6-13-11(12)10(7)14-8(2)3-4-9(15)16/h5-6,8,14H,3-4H2,1-2H3,(H,15,16). The highest BCUT2D eigenvalue weighted by Gasteiger charge is 2.09. The van der Waals surface area contributed by atoms with Gasteiger partial charge in [-0.2, -0.15) is 0 Å². The van der Waals surface area contributed by atoms with Gasteiger partial charge in [-0.3, -0.25) is 4.79 Å². The third-order valence-corrected chi connectivity index (χ3v) is 2.58. The number of hydrogen-bond donors (Lipinski definition) is 2. The van der Waals surface area contributed by atoms with Crippen LogP contribution in [0.2, 0.25) is 5.15 Å². The maximum atomic E-state index is 10.4. The lowest BCUT2D eigenvalue weighted by Gasteiger charge is -2.16. The molecule has 88 valence electrons. The summed E-state index contributed by atoms with van der Waals surface area (Å²) in [7, 11) is 0. The maximum absolute atomic E-state index is 10.4. The van der Waals surface area contributed by atoms with E-state index in [0.717, 1.165) is 11.3 Å². The van der Waals surface area contributed by atoms with Gasteiger partial charge in [0.1, 0.15) is 0 Å². The molecule has 0 aromatic carbocycles. The van der Waals surface area contributed by atoms with Gasteiger partial charge < -0.3 is 10.4 Å². The van der Waals surface area contributed by atoms with E-state index in [9.17, 15) is 4.79 Å². The summed E-state index contributed by atoms with van der Waals surface area (Å²) in [5.74, 6) is -0.789. The number of rotatable bonds is 5. The quantitative estimate of drug-likeness (QED) is 0.780. The Balaban J connectivity index is 2.62. The number of halogens is 1. The average molecular weight is 243 g/mol. The second kappa shape index (κ2) is 5.70. The molecule has 1 rings (SSSR count). The van der Waals surface area contributed by atoms with E-state index in [-0.39, 0.29) is 12.5 Å². The monoisotopic (exact) mass is 242 g/mol. The van der Waals surface area contributed by atoms with Crippen LogP contribution in [0, 0.1) is 6.92 Å². The van der Waals surface area contributed by atoms with Crippen LogP contribution in [0.1, 0.15) is 25.3 Å². The molecule has 16 heavy (non-hydrogen) atoms. The van der Waals surface area contributed by atoms with E-state index in [1.165, 1.54) is 0 Å². The van der Waals surface area contributed by atoms with Crippen LogP contribution in [0.25, 0.3) is 0 Å². The highest BCUT2D eigenvalue weighted by atomic mass is 35.5. The molecule has 0 aliphatic rings. The van der Waals surface area contributed by atoms with Crippen LogP contribution >= 0.6 is 11.6 Å². The zero-order valence-electron chi connectivity index (χ0n) is 9.33. The molecule has 1 aromatic heterocycles. The normalized spacial score (nSPS) is 12.2. The first kappa shape index (κ1) is 12.8. The van der Waals surface area contributed by atoms with Gasteiger partial charge in [0.2, 0.25) is 0 Å². The molecule has 0 aliphatic heterocycles. The number of carbonyl (C=O) groups is 1. The average Bonchev–Trinajstić information content (AvgIpc) is 2.21. The molecule has 0 amide bonds. The van der Waals surface area contributed by atoms with Gasteiger partial charge in [0.15, 0.2) is 5.15 Å². The molecule has 0 saturated carbocycles. The Hall–Kier alpha value is -1.29. The number of carboxylic acids is 1. The van der Waals surface area contributed by atoms with Crippen molar-refractivity contribution in [2.45, 2.75) is 32.7 Å². The molecule has 0 aliphatic carbocycles. The van der Waals surface area contributed by atoms with Crippen LogP contribution < -0.4 is 5.32 Å². The number of anilines is 1. The van der Waals surface area contributed by atoms with E-state index in [0.29, 0.717) is 11.6 Å². The van der Waals surface area contributed by atoms with Gasteiger partial charge in [-0.1, -0.05) is 11.6 Å². The Kier molecular flexibility index (Phi) is 4.55. The van der Waals surface area contributed by atoms with E-state index >= 15 is 0 Å². The van der Waals surface area contributed by atoms with Crippen LogP contribution in [0.15, 0.2) is 12.3 Å². The van der Waals surface area contributed by atoms with Gasteiger partial charge in [0.25, 0.3) is 0 Å². The summed E-state index contributed by atoms with van der Waals surface area (Å²) in [6.07, 6.45) is 2.34. The van der Waals surface area contributed by atoms with Crippen molar-refractivity contribution in [1.29, 1.82) is 0 Å². The largest absolute Gasteiger partial charge is 0.481 e. The van der Waals surface area contributed by atoms with E-state index in [1.54, 1.807) is 6.20 Å². The number of aromatic nitrogens is 1. The van der Waals surface area contributed by atoms with Crippen molar-refractivity contribution in [3.8, 4) is 0 Å². The summed E-state index contributed by atoms with van der Waals surface area (Å²) >= 11 is 5.95. The fourth-order valence-corrected chi connectivity index (χ4v) is 1.62. The Morgan fingerprint density at radius 3 is 2.94 bits per heavy atom. The summed E-state index contributed by atoms with van der Waals surface area (Å²) in [6.45, 7) is 3.85. The zero-order valence-corrected chi connectivity index (χ0v) is 10.1. The lowest BCUT2D eigenvalue weighted by Crippen LogP contribution is -2.17. The molecule has 0 bridgehead atoms. The molecular formula is C11H15ClN2O2. The SMILES string of the molecule is Cc1ccnc(Cl)c1NC(C)CCC(=O)O. The number of pyridine rings is 1. The van der Waals surface area contributed by atoms with E-state index in [1.807, 2.05) is 19.9 Å². The van der Waals surface area contributed by atoms with Crippen LogP contribution in [0.4, 0.5) is 5.69 Å². The summed E-state index contributed by atoms with van der Waals surface area (Å²) in [6, 6.07) is 1.91. The van der Waals surface area contributed by atoms with Crippen molar-refractivity contribution in [3.05, 3.63) is 23.0 Å². The summed E-state index contributed by atoms with van der Waals surface area (Å²) < 4.78 is 0. The molecule has 4 nitrogen and oxygen atoms in total. The number of nitrogens with one attached hydrogen (secondary N) is 1. The van der Waals surface area contributed by atoms with Crippen molar-refractivity contribution >= 4 is 23.3 Å². The number of nitrogens with zero attached hydrogens (tertiary/aromatic N) is 1. The van der Waals surface area contributed by atoms with Crippen LogP contribution in [-0.2, 0) is 4.79 Å². The molecular weight excluding hydrogens is 228 g/mol. The lowest BCUT2D eigenvalue weighted by atomic mass is 10.1. The Morgan fingerprint density at radius 1 is 1.69 bits per heavy atom. The van der Waals surface area contributed by atoms with Gasteiger partial charge in [-0.05, 0) is 31.9 Å². The first-order valence-electron chi connectivity index (χ1n) is 5.10. The third kappa shape index (κ3) is 3.70. The summed E-state index contributed by atoms with van der Waals surface area (Å²) in [4.78, 5) is 14.4. The van der Waals surface area contributed by atoms with Crippen LogP contribution in [-0.4, -0.2) is 22.1 Å².